The van der Waals surface area contributed by atoms with Crippen molar-refractivity contribution in [3.8, 4) is 16.9 Å². The van der Waals surface area contributed by atoms with Gasteiger partial charge in [0.2, 0.25) is 5.91 Å². The molecule has 0 saturated carbocycles. The third-order valence-corrected chi connectivity index (χ3v) is 5.19. The number of carbonyl (C=O) groups excluding carboxylic acids is 2. The highest BCUT2D eigenvalue weighted by Crippen LogP contribution is 2.36. The Morgan fingerprint density at radius 2 is 2.00 bits per heavy atom. The monoisotopic (exact) mass is 371 g/mol. The van der Waals surface area contributed by atoms with Gasteiger partial charge in [-0.05, 0) is 42.3 Å². The number of fused-ring (bicyclic) bond motifs is 2. The van der Waals surface area contributed by atoms with Crippen LogP contribution in [0.2, 0.25) is 5.02 Å². The molecule has 2 aromatic carbocycles. The minimum Gasteiger partial charge on any atom is -0.496 e. The fourth-order valence-corrected chi connectivity index (χ4v) is 3.82. The summed E-state index contributed by atoms with van der Waals surface area (Å²) in [5.41, 5.74) is 8.53. The fourth-order valence-electron chi connectivity index (χ4n) is 3.64. The molecule has 0 aliphatic carbocycles. The van der Waals surface area contributed by atoms with Crippen molar-refractivity contribution in [2.24, 2.45) is 5.73 Å². The molecule has 1 saturated heterocycles. The molecule has 2 heterocycles. The minimum atomic E-state index is -0.626. The molecule has 0 aromatic heterocycles. The second kappa shape index (κ2) is 6.30. The maximum absolute atomic E-state index is 13.0. The van der Waals surface area contributed by atoms with Gasteiger partial charge in [-0.2, -0.15) is 0 Å². The van der Waals surface area contributed by atoms with E-state index in [9.17, 15) is 9.59 Å². The lowest BCUT2D eigenvalue weighted by Crippen LogP contribution is -2.48. The Labute approximate surface area is 155 Å². The highest BCUT2D eigenvalue weighted by atomic mass is 35.5. The Kier molecular flexibility index (Phi) is 4.09. The van der Waals surface area contributed by atoms with E-state index in [1.165, 1.54) is 0 Å². The largest absolute Gasteiger partial charge is 0.496 e. The number of halogens is 1. The van der Waals surface area contributed by atoms with Crippen molar-refractivity contribution in [1.29, 1.82) is 0 Å². The summed E-state index contributed by atoms with van der Waals surface area (Å²) in [7, 11) is 1.58. The molecule has 1 fully saturated rings. The van der Waals surface area contributed by atoms with Crippen LogP contribution in [0.25, 0.3) is 11.1 Å². The molecule has 2 aliphatic rings. The summed E-state index contributed by atoms with van der Waals surface area (Å²) < 4.78 is 5.41. The fraction of sp³-hybridized carbons (Fsp3) is 0.263. The van der Waals surface area contributed by atoms with Crippen molar-refractivity contribution in [2.45, 2.75) is 18.5 Å². The molecule has 0 bridgehead atoms. The van der Waals surface area contributed by atoms with Gasteiger partial charge in [0.05, 0.1) is 18.4 Å². The van der Waals surface area contributed by atoms with E-state index in [4.69, 9.17) is 22.1 Å². The zero-order chi connectivity index (χ0) is 18.4. The Balaban J connectivity index is 1.82. The highest BCUT2D eigenvalue weighted by molar-refractivity contribution is 6.31. The number of nitrogens with zero attached hydrogens (tertiary/aromatic N) is 1. The van der Waals surface area contributed by atoms with Gasteiger partial charge in [-0.25, -0.2) is 0 Å². The van der Waals surface area contributed by atoms with Gasteiger partial charge >= 0.3 is 0 Å². The molecule has 2 aromatic rings. The number of carbonyl (C=O) groups is 2. The van der Waals surface area contributed by atoms with Gasteiger partial charge in [-0.15, -0.1) is 0 Å². The summed E-state index contributed by atoms with van der Waals surface area (Å²) >= 11 is 6.13. The van der Waals surface area contributed by atoms with Gasteiger partial charge in [0.1, 0.15) is 11.8 Å². The van der Waals surface area contributed by atoms with Crippen LogP contribution in [0.1, 0.15) is 16.8 Å². The number of anilines is 1. The minimum absolute atomic E-state index is 0.195. The maximum atomic E-state index is 13.0. The molecule has 2 amide bonds. The average Bonchev–Trinajstić information content (AvgIpc) is 2.98. The molecule has 7 heteroatoms. The normalized spacial score (nSPS) is 21.7. The first-order valence-electron chi connectivity index (χ1n) is 8.35. The lowest BCUT2D eigenvalue weighted by molar-refractivity contribution is -0.119. The van der Waals surface area contributed by atoms with E-state index in [1.807, 2.05) is 6.07 Å². The zero-order valence-electron chi connectivity index (χ0n) is 14.2. The molecule has 134 valence electrons. The van der Waals surface area contributed by atoms with E-state index in [-0.39, 0.29) is 17.9 Å². The van der Waals surface area contributed by atoms with E-state index in [0.29, 0.717) is 35.0 Å². The zero-order valence-corrected chi connectivity index (χ0v) is 14.9. The van der Waals surface area contributed by atoms with E-state index in [0.717, 1.165) is 11.1 Å². The maximum Gasteiger partial charge on any atom is 0.256 e. The molecular formula is C19H18ClN3O3. The lowest BCUT2D eigenvalue weighted by atomic mass is 10.0. The van der Waals surface area contributed by atoms with Crippen LogP contribution in [0, 0.1) is 0 Å². The molecule has 3 N–H and O–H groups in total. The van der Waals surface area contributed by atoms with Crippen LogP contribution in [0.5, 0.6) is 5.75 Å². The van der Waals surface area contributed by atoms with Crippen molar-refractivity contribution in [1.82, 2.24) is 4.90 Å². The van der Waals surface area contributed by atoms with Gasteiger partial charge < -0.3 is 20.7 Å². The Bertz CT molecular complexity index is 915. The Morgan fingerprint density at radius 1 is 1.19 bits per heavy atom. The smallest absolute Gasteiger partial charge is 0.256 e. The molecular weight excluding hydrogens is 354 g/mol. The van der Waals surface area contributed by atoms with Crippen LogP contribution in [-0.4, -0.2) is 42.5 Å². The molecule has 2 atom stereocenters. The Morgan fingerprint density at radius 3 is 2.77 bits per heavy atom. The van der Waals surface area contributed by atoms with Crippen molar-refractivity contribution < 1.29 is 14.3 Å². The number of amides is 2. The number of nitrogens with two attached hydrogens (primary N) is 1. The van der Waals surface area contributed by atoms with E-state index >= 15 is 0 Å². The van der Waals surface area contributed by atoms with E-state index in [2.05, 4.69) is 5.32 Å². The lowest BCUT2D eigenvalue weighted by Gasteiger charge is -2.22. The number of ether oxygens (including phenoxy) is 1. The number of rotatable bonds is 2. The second-order valence-electron chi connectivity index (χ2n) is 6.49. The predicted molar refractivity (Wildman–Crippen MR) is 99.5 cm³/mol. The van der Waals surface area contributed by atoms with Crippen LogP contribution < -0.4 is 15.8 Å². The molecule has 0 spiro atoms. The van der Waals surface area contributed by atoms with Crippen LogP contribution in [-0.2, 0) is 4.79 Å². The number of benzene rings is 2. The quantitative estimate of drug-likeness (QED) is 0.849. The molecule has 6 nitrogen and oxygen atoms in total. The van der Waals surface area contributed by atoms with Crippen molar-refractivity contribution in [3.63, 3.8) is 0 Å². The van der Waals surface area contributed by atoms with Gasteiger partial charge in [0.25, 0.3) is 5.91 Å². The van der Waals surface area contributed by atoms with Crippen LogP contribution in [0.4, 0.5) is 5.69 Å². The predicted octanol–water partition coefficient (Wildman–Crippen LogP) is 2.51. The first-order valence-corrected chi connectivity index (χ1v) is 8.73. The van der Waals surface area contributed by atoms with Crippen LogP contribution >= 0.6 is 11.6 Å². The molecule has 0 radical (unpaired) electrons. The van der Waals surface area contributed by atoms with Gasteiger partial charge in [-0.3, -0.25) is 9.59 Å². The van der Waals surface area contributed by atoms with Crippen LogP contribution in [0.15, 0.2) is 36.4 Å². The SMILES string of the molecule is COc1ccc(Cl)cc1-c1ccc2c(c1)C(=O)N1CC[C@H](N)[C@H]1C(=O)N2. The summed E-state index contributed by atoms with van der Waals surface area (Å²) in [6.45, 7) is 0.474. The highest BCUT2D eigenvalue weighted by Gasteiger charge is 2.43. The van der Waals surface area contributed by atoms with Gasteiger partial charge in [0.15, 0.2) is 0 Å². The molecule has 0 unspecified atom stereocenters. The van der Waals surface area contributed by atoms with Crippen molar-refractivity contribution in [3.05, 3.63) is 47.0 Å². The number of hydrogen-bond donors (Lipinski definition) is 2. The summed E-state index contributed by atoms with van der Waals surface area (Å²) in [5, 5.41) is 3.40. The third kappa shape index (κ3) is 2.62. The topological polar surface area (TPSA) is 84.7 Å². The molecule has 2 aliphatic heterocycles. The molecule has 26 heavy (non-hydrogen) atoms. The summed E-state index contributed by atoms with van der Waals surface area (Å²) in [6.07, 6.45) is 0.612. The second-order valence-corrected chi connectivity index (χ2v) is 6.93. The summed E-state index contributed by atoms with van der Waals surface area (Å²) in [5.74, 6) is 0.217. The van der Waals surface area contributed by atoms with Crippen LogP contribution in [0.3, 0.4) is 0 Å². The summed E-state index contributed by atoms with van der Waals surface area (Å²) in [4.78, 5) is 27.1. The number of methoxy groups -OCH3 is 1. The third-order valence-electron chi connectivity index (χ3n) is 4.95. The number of nitrogens with one attached hydrogen (secondary N) is 1. The van der Waals surface area contributed by atoms with Gasteiger partial charge in [0, 0.05) is 23.2 Å². The molecule has 4 rings (SSSR count). The van der Waals surface area contributed by atoms with E-state index < -0.39 is 6.04 Å². The summed E-state index contributed by atoms with van der Waals surface area (Å²) in [6, 6.07) is 9.66. The number of hydrogen-bond acceptors (Lipinski definition) is 4. The first-order chi connectivity index (χ1) is 12.5. The standard InChI is InChI=1S/C19H18ClN3O3/c1-26-16-5-3-11(20)9-12(16)10-2-4-15-13(8-10)19(25)23-7-6-14(21)17(23)18(24)22-15/h2-5,8-9,14,17H,6-7,21H2,1H3,(H,22,24)/t14-,17-/m0/s1. The first kappa shape index (κ1) is 16.9. The van der Waals surface area contributed by atoms with Crippen molar-refractivity contribution in [2.75, 3.05) is 19.0 Å². The van der Waals surface area contributed by atoms with Gasteiger partial charge in [-0.1, -0.05) is 17.7 Å². The average molecular weight is 372 g/mol. The Hall–Kier alpha value is -2.57. The van der Waals surface area contributed by atoms with Crippen molar-refractivity contribution >= 4 is 29.1 Å². The van der Waals surface area contributed by atoms with E-state index in [1.54, 1.807) is 42.3 Å².